The van der Waals surface area contributed by atoms with Gasteiger partial charge in [0, 0.05) is 6.07 Å². The van der Waals surface area contributed by atoms with Crippen LogP contribution in [-0.2, 0) is 13.0 Å². The van der Waals surface area contributed by atoms with E-state index in [2.05, 4.69) is 36.8 Å². The molecular formula is C15H16Br2N2O2. The molecule has 0 aliphatic heterocycles. The molecule has 0 aliphatic carbocycles. The highest BCUT2D eigenvalue weighted by atomic mass is 79.9. The lowest BCUT2D eigenvalue weighted by Gasteiger charge is -2.12. The van der Waals surface area contributed by atoms with Crippen LogP contribution < -0.4 is 15.2 Å². The van der Waals surface area contributed by atoms with Gasteiger partial charge in [0.1, 0.15) is 12.4 Å². The van der Waals surface area contributed by atoms with Crippen LogP contribution in [0.5, 0.6) is 11.6 Å². The van der Waals surface area contributed by atoms with E-state index in [0.29, 0.717) is 19.0 Å². The van der Waals surface area contributed by atoms with Crippen molar-refractivity contribution in [1.82, 2.24) is 4.98 Å². The molecular weight excluding hydrogens is 400 g/mol. The zero-order valence-corrected chi connectivity index (χ0v) is 14.8. The van der Waals surface area contributed by atoms with Crippen LogP contribution in [0.4, 0.5) is 0 Å². The van der Waals surface area contributed by atoms with Crippen LogP contribution in [0.2, 0.25) is 0 Å². The predicted octanol–water partition coefficient (Wildman–Crippen LogP) is 3.70. The molecule has 0 amide bonds. The maximum absolute atomic E-state index is 5.84. The summed E-state index contributed by atoms with van der Waals surface area (Å²) in [6.45, 7) is 0.984. The fourth-order valence-electron chi connectivity index (χ4n) is 1.86. The highest BCUT2D eigenvalue weighted by Crippen LogP contribution is 2.35. The Balaban J connectivity index is 2.12. The lowest BCUT2D eigenvalue weighted by molar-refractivity contribution is 0.294. The molecule has 1 aromatic heterocycles. The van der Waals surface area contributed by atoms with Crippen LogP contribution in [-0.4, -0.2) is 18.6 Å². The number of aromatic nitrogens is 1. The first-order valence-corrected chi connectivity index (χ1v) is 8.03. The number of pyridine rings is 1. The van der Waals surface area contributed by atoms with Crippen molar-refractivity contribution in [1.29, 1.82) is 0 Å². The average Bonchev–Trinajstić information content (AvgIpc) is 2.47. The Morgan fingerprint density at radius 3 is 2.52 bits per heavy atom. The Hall–Kier alpha value is -1.11. The van der Waals surface area contributed by atoms with E-state index >= 15 is 0 Å². The topological polar surface area (TPSA) is 57.4 Å². The number of nitrogens with zero attached hydrogens (tertiary/aromatic N) is 1. The molecule has 0 aliphatic rings. The number of nitrogens with two attached hydrogens (primary N) is 1. The van der Waals surface area contributed by atoms with Gasteiger partial charge < -0.3 is 15.2 Å². The first-order chi connectivity index (χ1) is 10.1. The molecule has 1 heterocycles. The van der Waals surface area contributed by atoms with Gasteiger partial charge in [-0.05, 0) is 68.6 Å². The van der Waals surface area contributed by atoms with Gasteiger partial charge in [-0.25, -0.2) is 4.98 Å². The number of methoxy groups -OCH3 is 1. The molecule has 4 nitrogen and oxygen atoms in total. The van der Waals surface area contributed by atoms with E-state index in [1.54, 1.807) is 13.2 Å². The third-order valence-corrected chi connectivity index (χ3v) is 4.02. The Labute approximate surface area is 140 Å². The molecule has 0 bridgehead atoms. The molecule has 2 rings (SSSR count). The molecule has 0 fully saturated rings. The van der Waals surface area contributed by atoms with Crippen molar-refractivity contribution in [2.24, 2.45) is 5.73 Å². The van der Waals surface area contributed by atoms with E-state index in [9.17, 15) is 0 Å². The van der Waals surface area contributed by atoms with Gasteiger partial charge in [-0.2, -0.15) is 0 Å². The summed E-state index contributed by atoms with van der Waals surface area (Å²) in [7, 11) is 1.59. The third kappa shape index (κ3) is 4.43. The SMILES string of the molecule is COc1cccc(COc2c(Br)cc(CCN)cc2Br)n1. The molecule has 0 radical (unpaired) electrons. The Bertz CT molecular complexity index is 597. The van der Waals surface area contributed by atoms with Gasteiger partial charge >= 0.3 is 0 Å². The van der Waals surface area contributed by atoms with Crippen LogP contribution >= 0.6 is 31.9 Å². The number of benzene rings is 1. The minimum atomic E-state index is 0.366. The number of hydrogen-bond acceptors (Lipinski definition) is 4. The molecule has 0 unspecified atom stereocenters. The molecule has 0 spiro atoms. The predicted molar refractivity (Wildman–Crippen MR) is 89.7 cm³/mol. The maximum Gasteiger partial charge on any atom is 0.213 e. The molecule has 21 heavy (non-hydrogen) atoms. The van der Waals surface area contributed by atoms with Crippen molar-refractivity contribution in [3.05, 3.63) is 50.5 Å². The van der Waals surface area contributed by atoms with Crippen LogP contribution in [0, 0.1) is 0 Å². The van der Waals surface area contributed by atoms with E-state index < -0.39 is 0 Å². The van der Waals surface area contributed by atoms with Crippen molar-refractivity contribution in [2.45, 2.75) is 13.0 Å². The summed E-state index contributed by atoms with van der Waals surface area (Å²) in [5, 5.41) is 0. The molecule has 2 aromatic rings. The van der Waals surface area contributed by atoms with Crippen molar-refractivity contribution in [3.63, 3.8) is 0 Å². The van der Waals surface area contributed by atoms with Crippen LogP contribution in [0.15, 0.2) is 39.3 Å². The molecule has 0 saturated carbocycles. The summed E-state index contributed by atoms with van der Waals surface area (Å²) in [6.07, 6.45) is 0.828. The van der Waals surface area contributed by atoms with Gasteiger partial charge in [-0.3, -0.25) is 0 Å². The second-order valence-corrected chi connectivity index (χ2v) is 6.10. The summed E-state index contributed by atoms with van der Waals surface area (Å²) in [5.74, 6) is 1.33. The summed E-state index contributed by atoms with van der Waals surface area (Å²) >= 11 is 7.06. The minimum Gasteiger partial charge on any atom is -0.485 e. The summed E-state index contributed by atoms with van der Waals surface area (Å²) in [6, 6.07) is 9.63. The van der Waals surface area contributed by atoms with Crippen LogP contribution in [0.25, 0.3) is 0 Å². The van der Waals surface area contributed by atoms with Gasteiger partial charge in [0.2, 0.25) is 5.88 Å². The lowest BCUT2D eigenvalue weighted by Crippen LogP contribution is -2.04. The fraction of sp³-hybridized carbons (Fsp3) is 0.267. The smallest absolute Gasteiger partial charge is 0.213 e. The highest BCUT2D eigenvalue weighted by molar-refractivity contribution is 9.11. The van der Waals surface area contributed by atoms with Gasteiger partial charge in [-0.1, -0.05) is 6.07 Å². The second-order valence-electron chi connectivity index (χ2n) is 4.39. The maximum atomic E-state index is 5.84. The highest BCUT2D eigenvalue weighted by Gasteiger charge is 2.10. The van der Waals surface area contributed by atoms with E-state index in [1.807, 2.05) is 24.3 Å². The van der Waals surface area contributed by atoms with E-state index in [4.69, 9.17) is 15.2 Å². The second kappa shape index (κ2) is 7.77. The standard InChI is InChI=1S/C15H16Br2N2O2/c1-20-14-4-2-3-11(19-14)9-21-15-12(16)7-10(5-6-18)8-13(15)17/h2-4,7-8H,5-6,9,18H2,1H3. The van der Waals surface area contributed by atoms with Gasteiger partial charge in [0.05, 0.1) is 21.7 Å². The monoisotopic (exact) mass is 414 g/mol. The van der Waals surface area contributed by atoms with Crippen molar-refractivity contribution in [2.75, 3.05) is 13.7 Å². The summed E-state index contributed by atoms with van der Waals surface area (Å²) in [5.41, 5.74) is 7.54. The normalized spacial score (nSPS) is 10.5. The molecule has 0 atom stereocenters. The molecule has 1 aromatic carbocycles. The zero-order chi connectivity index (χ0) is 15.2. The van der Waals surface area contributed by atoms with Crippen molar-refractivity contribution >= 4 is 31.9 Å². The minimum absolute atomic E-state index is 0.366. The molecule has 0 saturated heterocycles. The van der Waals surface area contributed by atoms with Crippen LogP contribution in [0.3, 0.4) is 0 Å². The van der Waals surface area contributed by atoms with E-state index in [0.717, 1.165) is 32.4 Å². The van der Waals surface area contributed by atoms with Gasteiger partial charge in [0.15, 0.2) is 0 Å². The third-order valence-electron chi connectivity index (χ3n) is 2.85. The Kier molecular flexibility index (Phi) is 6.02. The van der Waals surface area contributed by atoms with E-state index in [1.165, 1.54) is 0 Å². The molecule has 6 heteroatoms. The van der Waals surface area contributed by atoms with Gasteiger partial charge in [-0.15, -0.1) is 0 Å². The molecule has 2 N–H and O–H groups in total. The first kappa shape index (κ1) is 16.3. The summed E-state index contributed by atoms with van der Waals surface area (Å²) in [4.78, 5) is 4.32. The Morgan fingerprint density at radius 2 is 1.90 bits per heavy atom. The fourth-order valence-corrected chi connectivity index (χ4v) is 3.37. The zero-order valence-electron chi connectivity index (χ0n) is 11.6. The largest absolute Gasteiger partial charge is 0.485 e. The Morgan fingerprint density at radius 1 is 1.19 bits per heavy atom. The first-order valence-electron chi connectivity index (χ1n) is 6.44. The van der Waals surface area contributed by atoms with Crippen molar-refractivity contribution < 1.29 is 9.47 Å². The average molecular weight is 416 g/mol. The number of halogens is 2. The lowest BCUT2D eigenvalue weighted by atomic mass is 10.1. The van der Waals surface area contributed by atoms with E-state index in [-0.39, 0.29) is 0 Å². The number of ether oxygens (including phenoxy) is 2. The van der Waals surface area contributed by atoms with Gasteiger partial charge in [0.25, 0.3) is 0 Å². The van der Waals surface area contributed by atoms with Crippen molar-refractivity contribution in [3.8, 4) is 11.6 Å². The van der Waals surface area contributed by atoms with Crippen LogP contribution in [0.1, 0.15) is 11.3 Å². The number of rotatable bonds is 6. The number of hydrogen-bond donors (Lipinski definition) is 1. The summed E-state index contributed by atoms with van der Waals surface area (Å²) < 4.78 is 12.7. The molecule has 112 valence electrons. The quantitative estimate of drug-likeness (QED) is 0.781.